The van der Waals surface area contributed by atoms with E-state index in [1.54, 1.807) is 6.20 Å². The lowest BCUT2D eigenvalue weighted by molar-refractivity contribution is 0.383. The van der Waals surface area contributed by atoms with Crippen LogP contribution >= 0.6 is 0 Å². The van der Waals surface area contributed by atoms with Gasteiger partial charge in [0.2, 0.25) is 11.7 Å². The summed E-state index contributed by atoms with van der Waals surface area (Å²) in [6.45, 7) is 3.92. The lowest BCUT2D eigenvalue weighted by atomic mass is 10.2. The SMILES string of the molecule is CCc1nc(-c2ccc(C)nc2)no1. The molecule has 0 saturated heterocycles. The molecule has 0 N–H and O–H groups in total. The molecule has 0 aliphatic heterocycles. The first-order chi connectivity index (χ1) is 6.79. The van der Waals surface area contributed by atoms with Crippen LogP contribution in [0.2, 0.25) is 0 Å². The number of rotatable bonds is 2. The summed E-state index contributed by atoms with van der Waals surface area (Å²) in [5.41, 5.74) is 1.87. The van der Waals surface area contributed by atoms with Gasteiger partial charge in [-0.15, -0.1) is 0 Å². The van der Waals surface area contributed by atoms with E-state index in [-0.39, 0.29) is 0 Å². The van der Waals surface area contributed by atoms with Gasteiger partial charge in [-0.25, -0.2) is 0 Å². The molecule has 14 heavy (non-hydrogen) atoms. The van der Waals surface area contributed by atoms with E-state index in [4.69, 9.17) is 4.52 Å². The van der Waals surface area contributed by atoms with Gasteiger partial charge in [-0.3, -0.25) is 4.98 Å². The van der Waals surface area contributed by atoms with Gasteiger partial charge in [0.05, 0.1) is 0 Å². The molecular formula is C10H11N3O. The largest absolute Gasteiger partial charge is 0.339 e. The summed E-state index contributed by atoms with van der Waals surface area (Å²) in [4.78, 5) is 8.38. The molecule has 0 amide bonds. The van der Waals surface area contributed by atoms with Crippen molar-refractivity contribution in [1.82, 2.24) is 15.1 Å². The zero-order valence-corrected chi connectivity index (χ0v) is 8.19. The van der Waals surface area contributed by atoms with Crippen LogP contribution in [0.3, 0.4) is 0 Å². The predicted octanol–water partition coefficient (Wildman–Crippen LogP) is 2.00. The maximum absolute atomic E-state index is 5.01. The Labute approximate surface area is 82.0 Å². The highest BCUT2D eigenvalue weighted by atomic mass is 16.5. The van der Waals surface area contributed by atoms with Crippen molar-refractivity contribution >= 4 is 0 Å². The first-order valence-electron chi connectivity index (χ1n) is 4.55. The molecule has 4 nitrogen and oxygen atoms in total. The average molecular weight is 189 g/mol. The van der Waals surface area contributed by atoms with Crippen molar-refractivity contribution in [3.05, 3.63) is 29.9 Å². The van der Waals surface area contributed by atoms with Crippen molar-refractivity contribution in [1.29, 1.82) is 0 Å². The monoisotopic (exact) mass is 189 g/mol. The summed E-state index contributed by atoms with van der Waals surface area (Å²) in [6, 6.07) is 3.87. The van der Waals surface area contributed by atoms with Gasteiger partial charge in [0.15, 0.2) is 0 Å². The zero-order valence-electron chi connectivity index (χ0n) is 8.19. The Morgan fingerprint density at radius 1 is 1.36 bits per heavy atom. The Balaban J connectivity index is 2.34. The number of aromatic nitrogens is 3. The van der Waals surface area contributed by atoms with E-state index in [1.165, 1.54) is 0 Å². The summed E-state index contributed by atoms with van der Waals surface area (Å²) in [6.07, 6.45) is 2.51. The fourth-order valence-electron chi connectivity index (χ4n) is 1.12. The first kappa shape index (κ1) is 8.87. The minimum absolute atomic E-state index is 0.606. The van der Waals surface area contributed by atoms with Gasteiger partial charge < -0.3 is 4.52 Å². The molecule has 4 heteroatoms. The lowest BCUT2D eigenvalue weighted by Crippen LogP contribution is -1.85. The fraction of sp³-hybridized carbons (Fsp3) is 0.300. The van der Waals surface area contributed by atoms with Crippen molar-refractivity contribution in [2.75, 3.05) is 0 Å². The molecule has 0 spiro atoms. The summed E-state index contributed by atoms with van der Waals surface area (Å²) in [7, 11) is 0. The topological polar surface area (TPSA) is 51.8 Å². The minimum Gasteiger partial charge on any atom is -0.339 e. The molecule has 72 valence electrons. The number of hydrogen-bond donors (Lipinski definition) is 0. The lowest BCUT2D eigenvalue weighted by Gasteiger charge is -1.93. The van der Waals surface area contributed by atoms with Gasteiger partial charge in [-0.2, -0.15) is 4.98 Å². The minimum atomic E-state index is 0.606. The van der Waals surface area contributed by atoms with E-state index < -0.39 is 0 Å². The molecule has 0 atom stereocenters. The second-order valence-electron chi connectivity index (χ2n) is 3.05. The van der Waals surface area contributed by atoms with Crippen LogP contribution in [0.15, 0.2) is 22.9 Å². The highest BCUT2D eigenvalue weighted by Gasteiger charge is 2.06. The van der Waals surface area contributed by atoms with Gasteiger partial charge in [-0.05, 0) is 19.1 Å². The Morgan fingerprint density at radius 2 is 2.21 bits per heavy atom. The van der Waals surface area contributed by atoms with Crippen LogP contribution in [0.5, 0.6) is 0 Å². The van der Waals surface area contributed by atoms with Crippen LogP contribution in [0.4, 0.5) is 0 Å². The summed E-state index contributed by atoms with van der Waals surface area (Å²) >= 11 is 0. The molecular weight excluding hydrogens is 178 g/mol. The molecule has 0 aliphatic carbocycles. The number of aryl methyl sites for hydroxylation is 2. The van der Waals surface area contributed by atoms with Crippen molar-refractivity contribution < 1.29 is 4.52 Å². The van der Waals surface area contributed by atoms with Crippen LogP contribution in [0.1, 0.15) is 18.5 Å². The van der Waals surface area contributed by atoms with E-state index in [0.29, 0.717) is 11.7 Å². The van der Waals surface area contributed by atoms with Crippen LogP contribution in [0.25, 0.3) is 11.4 Å². The first-order valence-corrected chi connectivity index (χ1v) is 4.55. The van der Waals surface area contributed by atoms with E-state index in [1.807, 2.05) is 26.0 Å². The maximum atomic E-state index is 5.01. The molecule has 0 aliphatic rings. The molecule has 0 radical (unpaired) electrons. The summed E-state index contributed by atoms with van der Waals surface area (Å²) in [5, 5.41) is 3.86. The van der Waals surface area contributed by atoms with Crippen molar-refractivity contribution in [3.8, 4) is 11.4 Å². The predicted molar refractivity (Wildman–Crippen MR) is 51.6 cm³/mol. The second kappa shape index (κ2) is 3.57. The fourth-order valence-corrected chi connectivity index (χ4v) is 1.12. The molecule has 0 fully saturated rings. The molecule has 2 aromatic heterocycles. The molecule has 0 bridgehead atoms. The van der Waals surface area contributed by atoms with Gasteiger partial charge in [-0.1, -0.05) is 12.1 Å². The number of pyridine rings is 1. The zero-order chi connectivity index (χ0) is 9.97. The van der Waals surface area contributed by atoms with E-state index in [0.717, 1.165) is 17.7 Å². The molecule has 2 aromatic rings. The second-order valence-corrected chi connectivity index (χ2v) is 3.05. The summed E-state index contributed by atoms with van der Waals surface area (Å²) in [5.74, 6) is 1.26. The van der Waals surface area contributed by atoms with Crippen molar-refractivity contribution in [2.45, 2.75) is 20.3 Å². The highest BCUT2D eigenvalue weighted by molar-refractivity contribution is 5.52. The smallest absolute Gasteiger partial charge is 0.226 e. The van der Waals surface area contributed by atoms with Gasteiger partial charge in [0, 0.05) is 23.9 Å². The van der Waals surface area contributed by atoms with Crippen LogP contribution in [-0.4, -0.2) is 15.1 Å². The maximum Gasteiger partial charge on any atom is 0.226 e. The van der Waals surface area contributed by atoms with Gasteiger partial charge in [0.25, 0.3) is 0 Å². The standard InChI is InChI=1S/C10H11N3O/c1-3-9-12-10(13-14-9)8-5-4-7(2)11-6-8/h4-6H,3H2,1-2H3. The quantitative estimate of drug-likeness (QED) is 0.725. The average Bonchev–Trinajstić information content (AvgIpc) is 2.67. The number of hydrogen-bond acceptors (Lipinski definition) is 4. The third-order valence-electron chi connectivity index (χ3n) is 1.94. The molecule has 0 unspecified atom stereocenters. The highest BCUT2D eigenvalue weighted by Crippen LogP contribution is 2.14. The molecule has 2 heterocycles. The van der Waals surface area contributed by atoms with Crippen LogP contribution in [-0.2, 0) is 6.42 Å². The third-order valence-corrected chi connectivity index (χ3v) is 1.94. The van der Waals surface area contributed by atoms with E-state index in [2.05, 4.69) is 15.1 Å². The molecule has 2 rings (SSSR count). The van der Waals surface area contributed by atoms with Crippen molar-refractivity contribution in [3.63, 3.8) is 0 Å². The van der Waals surface area contributed by atoms with E-state index in [9.17, 15) is 0 Å². The Hall–Kier alpha value is -1.71. The normalized spacial score (nSPS) is 10.4. The Kier molecular flexibility index (Phi) is 2.26. The van der Waals surface area contributed by atoms with Crippen LogP contribution in [0, 0.1) is 6.92 Å². The van der Waals surface area contributed by atoms with Gasteiger partial charge in [0.1, 0.15) is 0 Å². The van der Waals surface area contributed by atoms with E-state index >= 15 is 0 Å². The number of nitrogens with zero attached hydrogens (tertiary/aromatic N) is 3. The van der Waals surface area contributed by atoms with Crippen LogP contribution < -0.4 is 0 Å². The Bertz CT molecular complexity index is 419. The Morgan fingerprint density at radius 3 is 2.79 bits per heavy atom. The molecule has 0 saturated carbocycles. The summed E-state index contributed by atoms with van der Waals surface area (Å²) < 4.78 is 5.01. The van der Waals surface area contributed by atoms with Crippen molar-refractivity contribution in [2.24, 2.45) is 0 Å². The third kappa shape index (κ3) is 1.64. The molecule has 0 aromatic carbocycles. The van der Waals surface area contributed by atoms with Gasteiger partial charge >= 0.3 is 0 Å².